The van der Waals surface area contributed by atoms with Gasteiger partial charge in [0, 0.05) is 33.0 Å². The Morgan fingerprint density at radius 2 is 1.19 bits per heavy atom. The Balaban J connectivity index is 0.00000529. The van der Waals surface area contributed by atoms with E-state index in [1.807, 2.05) is 30.5 Å². The van der Waals surface area contributed by atoms with Crippen molar-refractivity contribution in [3.05, 3.63) is 193 Å². The number of nitrogens with zero attached hydrogens (tertiary/aromatic N) is 3. The molecule has 0 amide bonds. The van der Waals surface area contributed by atoms with Gasteiger partial charge in [0.1, 0.15) is 11.6 Å². The fourth-order valence-corrected chi connectivity index (χ4v) is 8.49. The summed E-state index contributed by atoms with van der Waals surface area (Å²) in [6, 6.07) is 60.8. The van der Waals surface area contributed by atoms with E-state index in [-0.39, 0.29) is 37.6 Å². The predicted molar refractivity (Wildman–Crippen MR) is 254 cm³/mol. The van der Waals surface area contributed by atoms with Crippen LogP contribution < -0.4 is 0 Å². The van der Waals surface area contributed by atoms with Crippen LogP contribution in [0.1, 0.15) is 58.2 Å². The van der Waals surface area contributed by atoms with Gasteiger partial charge in [-0.05, 0) is 98.7 Å². The zero-order valence-corrected chi connectivity index (χ0v) is 38.5. The number of aromatic hydroxyl groups is 1. The molecule has 0 bridgehead atoms. The molecule has 0 unspecified atom stereocenters. The van der Waals surface area contributed by atoms with E-state index in [9.17, 15) is 5.11 Å². The minimum absolute atomic E-state index is 0. The maximum absolute atomic E-state index is 11.4. The molecule has 0 fully saturated rings. The second kappa shape index (κ2) is 16.8. The molecule has 0 saturated heterocycles. The van der Waals surface area contributed by atoms with E-state index in [4.69, 9.17) is 9.97 Å². The van der Waals surface area contributed by atoms with Crippen LogP contribution in [0.5, 0.6) is 5.75 Å². The average Bonchev–Trinajstić information content (AvgIpc) is 3.65. The number of benzene rings is 7. The molecule has 2 aromatic heterocycles. The average molecular weight is 988 g/mol. The summed E-state index contributed by atoms with van der Waals surface area (Å²) in [6.45, 7) is 15.7. The van der Waals surface area contributed by atoms with Crippen LogP contribution >= 0.6 is 0 Å². The first-order valence-corrected chi connectivity index (χ1v) is 21.1. The van der Waals surface area contributed by atoms with Gasteiger partial charge in [-0.1, -0.05) is 168 Å². The number of imidazole rings is 1. The quantitative estimate of drug-likeness (QED) is 0.162. The normalized spacial score (nSPS) is 11.7. The van der Waals surface area contributed by atoms with E-state index in [1.165, 1.54) is 27.8 Å². The third-order valence-corrected chi connectivity index (χ3v) is 11.7. The predicted octanol–water partition coefficient (Wildman–Crippen LogP) is 14.8. The first kappa shape index (κ1) is 42.3. The maximum Gasteiger partial charge on any atom is 0.148 e. The Labute approximate surface area is 380 Å². The van der Waals surface area contributed by atoms with Crippen LogP contribution in [0, 0.1) is 13.0 Å². The zero-order valence-electron chi connectivity index (χ0n) is 36.3. The topological polar surface area (TPSA) is 50.9 Å². The molecule has 9 rings (SSSR count). The summed E-state index contributed by atoms with van der Waals surface area (Å²) in [6.07, 6.45) is 1.88. The van der Waals surface area contributed by atoms with Crippen LogP contribution in [0.15, 0.2) is 170 Å². The smallest absolute Gasteiger partial charge is 0.148 e. The summed E-state index contributed by atoms with van der Waals surface area (Å²) in [5, 5.41) is 11.4. The number of para-hydroxylation sites is 2. The second-order valence-corrected chi connectivity index (χ2v) is 18.0. The van der Waals surface area contributed by atoms with Gasteiger partial charge in [-0.2, -0.15) is 0 Å². The molecule has 0 aliphatic heterocycles. The summed E-state index contributed by atoms with van der Waals surface area (Å²) >= 11 is 0. The third-order valence-electron chi connectivity index (χ3n) is 11.7. The van der Waals surface area contributed by atoms with Crippen LogP contribution in [0.2, 0.25) is 0 Å². The van der Waals surface area contributed by atoms with Crippen molar-refractivity contribution in [2.75, 3.05) is 0 Å². The summed E-state index contributed by atoms with van der Waals surface area (Å²) in [5.41, 5.74) is 17.5. The number of fused-ring (bicyclic) bond motifs is 1. The van der Waals surface area contributed by atoms with Gasteiger partial charge in [-0.3, -0.25) is 9.55 Å². The number of rotatable bonds is 7. The van der Waals surface area contributed by atoms with Crippen LogP contribution in [-0.2, 0) is 31.9 Å². The van der Waals surface area contributed by atoms with Gasteiger partial charge in [0.25, 0.3) is 0 Å². The third kappa shape index (κ3) is 8.08. The molecule has 0 aliphatic rings. The first-order valence-electron chi connectivity index (χ1n) is 21.1. The van der Waals surface area contributed by atoms with Crippen LogP contribution in [0.3, 0.4) is 0 Å². The van der Waals surface area contributed by atoms with Gasteiger partial charge in [0.15, 0.2) is 0 Å². The summed E-state index contributed by atoms with van der Waals surface area (Å²) in [5.74, 6) is 0.843. The largest absolute Gasteiger partial charge is 0.507 e. The number of pyridine rings is 1. The van der Waals surface area contributed by atoms with Gasteiger partial charge >= 0.3 is 0 Å². The van der Waals surface area contributed by atoms with Crippen molar-refractivity contribution in [2.45, 2.75) is 59.3 Å². The van der Waals surface area contributed by atoms with Crippen molar-refractivity contribution >= 4 is 11.0 Å². The van der Waals surface area contributed by atoms with Gasteiger partial charge in [-0.15, -0.1) is 29.3 Å². The van der Waals surface area contributed by atoms with Crippen molar-refractivity contribution in [1.29, 1.82) is 0 Å². The summed E-state index contributed by atoms with van der Waals surface area (Å²) in [7, 11) is 0. The standard InChI is InChI=1S/C57H50N3O.Pt/c1-37-32-41(53-45(39-20-12-9-13-21-39)23-16-25-48(53)57(5,6)7)28-29-50(37)60-51-26-17-24-46(54(51)59-55(60)47-22-14-15-27-52(47)61)42-33-43(35-44(34-42)56(2,3)4)49-36-40(30-31-58-49)38-18-10-8-11-19-38;/h8-32,34-36,61H,1-7H3;/q-1;. The van der Waals surface area contributed by atoms with Crippen LogP contribution in [0.4, 0.5) is 0 Å². The number of phenolic OH excluding ortho intramolecular Hbond substituents is 1. The Morgan fingerprint density at radius 1 is 0.548 bits per heavy atom. The number of phenols is 1. The van der Waals surface area contributed by atoms with Crippen molar-refractivity contribution in [2.24, 2.45) is 0 Å². The number of aromatic nitrogens is 3. The van der Waals surface area contributed by atoms with Gasteiger partial charge in [0.05, 0.1) is 22.3 Å². The summed E-state index contributed by atoms with van der Waals surface area (Å²) < 4.78 is 2.21. The van der Waals surface area contributed by atoms with Gasteiger partial charge < -0.3 is 5.11 Å². The molecule has 2 heterocycles. The van der Waals surface area contributed by atoms with Crippen molar-refractivity contribution in [3.63, 3.8) is 0 Å². The fourth-order valence-electron chi connectivity index (χ4n) is 8.49. The van der Waals surface area contributed by atoms with E-state index in [0.717, 1.165) is 61.4 Å². The van der Waals surface area contributed by atoms with Crippen LogP contribution in [0.25, 0.3) is 83.9 Å². The number of aryl methyl sites for hydroxylation is 1. The number of hydrogen-bond acceptors (Lipinski definition) is 3. The van der Waals surface area contributed by atoms with Crippen LogP contribution in [-0.4, -0.2) is 19.6 Å². The van der Waals surface area contributed by atoms with Crippen molar-refractivity contribution in [1.82, 2.24) is 14.5 Å². The zero-order chi connectivity index (χ0) is 42.5. The maximum atomic E-state index is 11.4. The van der Waals surface area contributed by atoms with Gasteiger partial charge in [-0.25, -0.2) is 4.98 Å². The molecule has 0 atom stereocenters. The molecule has 9 aromatic rings. The molecule has 5 heteroatoms. The van der Waals surface area contributed by atoms with Crippen molar-refractivity contribution in [3.8, 4) is 78.6 Å². The molecule has 4 nitrogen and oxygen atoms in total. The molecule has 0 radical (unpaired) electrons. The molecule has 1 N–H and O–H groups in total. The summed E-state index contributed by atoms with van der Waals surface area (Å²) in [4.78, 5) is 10.3. The van der Waals surface area contributed by atoms with E-state index >= 15 is 0 Å². The molecule has 62 heavy (non-hydrogen) atoms. The van der Waals surface area contributed by atoms with Crippen molar-refractivity contribution < 1.29 is 26.2 Å². The minimum Gasteiger partial charge on any atom is -0.507 e. The number of hydrogen-bond donors (Lipinski definition) is 1. The molecule has 310 valence electrons. The Kier molecular flexibility index (Phi) is 11.5. The first-order chi connectivity index (χ1) is 29.3. The Bertz CT molecular complexity index is 3060. The van der Waals surface area contributed by atoms with E-state index in [0.29, 0.717) is 11.4 Å². The Hall–Kier alpha value is -6.35. The molecule has 0 saturated carbocycles. The van der Waals surface area contributed by atoms with E-state index in [2.05, 4.69) is 193 Å². The second-order valence-electron chi connectivity index (χ2n) is 18.0. The van der Waals surface area contributed by atoms with E-state index in [1.54, 1.807) is 6.07 Å². The molecular formula is C57H50N3OPt-. The van der Waals surface area contributed by atoms with Gasteiger partial charge in [0.2, 0.25) is 0 Å². The molecule has 7 aromatic carbocycles. The molecular weight excluding hydrogens is 938 g/mol. The van der Waals surface area contributed by atoms with E-state index < -0.39 is 0 Å². The fraction of sp³-hybridized carbons (Fsp3) is 0.158. The Morgan fingerprint density at radius 3 is 1.89 bits per heavy atom. The SMILES string of the molecule is Cc1cc(-c2c(-c3ccccc3)cccc2C(C)(C)C)ccc1-n1c(-c2ccccc2O)nc2c(-c3[c-]c(-c4cc(-c5ccccc5)ccn4)cc(C(C)(C)C)c3)cccc21.[Pt]. The molecule has 0 spiro atoms. The monoisotopic (exact) mass is 987 g/mol. The minimum atomic E-state index is -0.144. The molecule has 0 aliphatic carbocycles.